The van der Waals surface area contributed by atoms with E-state index in [1.807, 2.05) is 12.3 Å². The number of amides is 1. The molecule has 0 radical (unpaired) electrons. The van der Waals surface area contributed by atoms with Crippen LogP contribution in [0.1, 0.15) is 56.4 Å². The summed E-state index contributed by atoms with van der Waals surface area (Å²) < 4.78 is 15.4. The lowest BCUT2D eigenvalue weighted by atomic mass is 9.88. The second-order valence-corrected chi connectivity index (χ2v) is 10.8. The number of benzene rings is 1. The number of nitrogens with zero attached hydrogens (tertiary/aromatic N) is 2. The summed E-state index contributed by atoms with van der Waals surface area (Å²) in [5, 5.41) is 9.92. The van der Waals surface area contributed by atoms with Crippen molar-refractivity contribution in [1.82, 2.24) is 20.3 Å². The molecule has 4 N–H and O–H groups in total. The van der Waals surface area contributed by atoms with Crippen LogP contribution in [0.2, 0.25) is 0 Å². The maximum atomic E-state index is 15.4. The molecule has 1 amide bonds. The second kappa shape index (κ2) is 11.6. The molecule has 1 saturated carbocycles. The van der Waals surface area contributed by atoms with Crippen molar-refractivity contribution in [2.75, 3.05) is 23.7 Å². The predicted octanol–water partition coefficient (Wildman–Crippen LogP) is 5.85. The van der Waals surface area contributed by atoms with Gasteiger partial charge >= 0.3 is 0 Å². The molecule has 206 valence electrons. The van der Waals surface area contributed by atoms with E-state index in [1.54, 1.807) is 24.3 Å². The summed E-state index contributed by atoms with van der Waals surface area (Å²) in [4.78, 5) is 37.3. The van der Waals surface area contributed by atoms with Gasteiger partial charge in [-0.25, -0.2) is 14.4 Å². The van der Waals surface area contributed by atoms with Gasteiger partial charge in [-0.05, 0) is 80.1 Å². The number of aromatic nitrogens is 3. The van der Waals surface area contributed by atoms with Gasteiger partial charge in [0.2, 0.25) is 5.91 Å². The Morgan fingerprint density at radius 2 is 1.88 bits per heavy atom. The maximum absolute atomic E-state index is 15.4. The fraction of sp³-hybridized carbons (Fsp3) is 0.355. The molecule has 1 aliphatic carbocycles. The van der Waals surface area contributed by atoms with Crippen LogP contribution in [0.25, 0.3) is 22.2 Å². The number of H-pyrrole nitrogens is 1. The largest absolute Gasteiger partial charge is 0.339 e. The Bertz CT molecular complexity index is 1570. The number of pyridine rings is 3. The molecule has 4 aromatic rings. The normalized spacial score (nSPS) is 18.0. The molecule has 1 unspecified atom stereocenters. The first-order valence-corrected chi connectivity index (χ1v) is 14.1. The number of carbonyl (C=O) groups is 1. The highest BCUT2D eigenvalue weighted by atomic mass is 19.1. The van der Waals surface area contributed by atoms with E-state index in [1.165, 1.54) is 17.8 Å². The van der Waals surface area contributed by atoms with Crippen LogP contribution in [0.3, 0.4) is 0 Å². The summed E-state index contributed by atoms with van der Waals surface area (Å²) in [6.07, 6.45) is 10.7. The summed E-state index contributed by atoms with van der Waals surface area (Å²) in [5.74, 6) is 0.431. The van der Waals surface area contributed by atoms with Crippen LogP contribution in [-0.4, -0.2) is 33.9 Å². The Balaban J connectivity index is 1.28. The van der Waals surface area contributed by atoms with Crippen LogP contribution >= 0.6 is 0 Å². The average Bonchev–Trinajstić information content (AvgIpc) is 2.98. The van der Waals surface area contributed by atoms with E-state index in [4.69, 9.17) is 0 Å². The standard InChI is InChI=1S/C31H33FN6O2/c32-24-15-22(36-30(39)19-5-2-1-3-6-19)9-10-23(24)26-16-27(29-25(37-26)12-14-34-31(29)40)38-28-11-8-21(18-35-28)20-7-4-13-33-17-20/h8-12,14-16,18-20,33H,1-7,13,17H2,(H,34,40)(H,36,39)(H,35,37,38). The number of fused-ring (bicyclic) bond motifs is 1. The van der Waals surface area contributed by atoms with Gasteiger partial charge in [-0.15, -0.1) is 0 Å². The Morgan fingerprint density at radius 3 is 2.62 bits per heavy atom. The number of carbonyl (C=O) groups excluding carboxylic acids is 1. The van der Waals surface area contributed by atoms with Crippen LogP contribution in [-0.2, 0) is 4.79 Å². The van der Waals surface area contributed by atoms with Crippen LogP contribution in [0.4, 0.5) is 21.6 Å². The molecule has 0 bridgehead atoms. The van der Waals surface area contributed by atoms with Gasteiger partial charge in [-0.1, -0.05) is 25.3 Å². The van der Waals surface area contributed by atoms with Gasteiger partial charge in [0.25, 0.3) is 5.56 Å². The Labute approximate surface area is 231 Å². The van der Waals surface area contributed by atoms with Crippen LogP contribution in [0.5, 0.6) is 0 Å². The van der Waals surface area contributed by atoms with E-state index in [9.17, 15) is 9.59 Å². The highest BCUT2D eigenvalue weighted by Gasteiger charge is 2.22. The fourth-order valence-corrected chi connectivity index (χ4v) is 5.83. The van der Waals surface area contributed by atoms with Crippen molar-refractivity contribution in [2.45, 2.75) is 50.9 Å². The number of aromatic amines is 1. The van der Waals surface area contributed by atoms with Gasteiger partial charge in [0.1, 0.15) is 11.6 Å². The Morgan fingerprint density at radius 1 is 1.00 bits per heavy atom. The van der Waals surface area contributed by atoms with Gasteiger partial charge in [-0.3, -0.25) is 9.59 Å². The summed E-state index contributed by atoms with van der Waals surface area (Å²) >= 11 is 0. The van der Waals surface area contributed by atoms with Crippen molar-refractivity contribution in [1.29, 1.82) is 0 Å². The quantitative estimate of drug-likeness (QED) is 0.244. The molecule has 4 heterocycles. The highest BCUT2D eigenvalue weighted by molar-refractivity contribution is 5.95. The number of anilines is 3. The minimum Gasteiger partial charge on any atom is -0.339 e. The molecule has 2 aliphatic rings. The van der Waals surface area contributed by atoms with Crippen molar-refractivity contribution in [3.05, 3.63) is 76.6 Å². The lowest BCUT2D eigenvalue weighted by molar-refractivity contribution is -0.120. The van der Waals surface area contributed by atoms with E-state index in [0.717, 1.165) is 58.0 Å². The number of halogens is 1. The minimum atomic E-state index is -0.507. The summed E-state index contributed by atoms with van der Waals surface area (Å²) in [5.41, 5.74) is 2.85. The van der Waals surface area contributed by atoms with E-state index >= 15 is 4.39 Å². The summed E-state index contributed by atoms with van der Waals surface area (Å²) in [7, 11) is 0. The third kappa shape index (κ3) is 5.60. The molecule has 40 heavy (non-hydrogen) atoms. The van der Waals surface area contributed by atoms with E-state index in [-0.39, 0.29) is 22.9 Å². The van der Waals surface area contributed by atoms with Crippen molar-refractivity contribution in [3.63, 3.8) is 0 Å². The topological polar surface area (TPSA) is 112 Å². The first-order chi connectivity index (χ1) is 19.5. The van der Waals surface area contributed by atoms with Gasteiger partial charge in [0.15, 0.2) is 0 Å². The zero-order valence-corrected chi connectivity index (χ0v) is 22.3. The lowest BCUT2D eigenvalue weighted by Crippen LogP contribution is -2.28. The van der Waals surface area contributed by atoms with Crippen LogP contribution in [0, 0.1) is 11.7 Å². The first-order valence-electron chi connectivity index (χ1n) is 14.1. The Kier molecular flexibility index (Phi) is 7.55. The number of hydrogen-bond donors (Lipinski definition) is 4. The van der Waals surface area contributed by atoms with E-state index in [0.29, 0.717) is 39.7 Å². The smallest absolute Gasteiger partial charge is 0.259 e. The molecule has 8 nitrogen and oxygen atoms in total. The molecule has 6 rings (SSSR count). The minimum absolute atomic E-state index is 0.0210. The van der Waals surface area contributed by atoms with E-state index in [2.05, 4.69) is 37.0 Å². The zero-order chi connectivity index (χ0) is 27.5. The van der Waals surface area contributed by atoms with Crippen molar-refractivity contribution < 1.29 is 9.18 Å². The Hall–Kier alpha value is -4.11. The molecule has 3 aromatic heterocycles. The molecule has 9 heteroatoms. The number of nitrogens with one attached hydrogen (secondary N) is 4. The second-order valence-electron chi connectivity index (χ2n) is 10.8. The SMILES string of the molecule is O=C(Nc1ccc(-c2cc(Nc3ccc(C4CCCNC4)cn3)c3c(=O)[nH]ccc3n2)c(F)c1)C1CCCCC1. The van der Waals surface area contributed by atoms with Gasteiger partial charge in [0, 0.05) is 36.1 Å². The molecule has 0 spiro atoms. The van der Waals surface area contributed by atoms with Crippen molar-refractivity contribution in [3.8, 4) is 11.3 Å². The summed E-state index contributed by atoms with van der Waals surface area (Å²) in [6.45, 7) is 1.99. The molecule has 1 aromatic carbocycles. The fourth-order valence-electron chi connectivity index (χ4n) is 5.83. The molecular weight excluding hydrogens is 507 g/mol. The molecule has 1 saturated heterocycles. The predicted molar refractivity (Wildman–Crippen MR) is 155 cm³/mol. The van der Waals surface area contributed by atoms with Crippen molar-refractivity contribution >= 4 is 34.0 Å². The first kappa shape index (κ1) is 26.1. The van der Waals surface area contributed by atoms with Crippen molar-refractivity contribution in [2.24, 2.45) is 5.92 Å². The lowest BCUT2D eigenvalue weighted by Gasteiger charge is -2.23. The van der Waals surface area contributed by atoms with Crippen LogP contribution in [0.15, 0.2) is 59.7 Å². The van der Waals surface area contributed by atoms with Crippen LogP contribution < -0.4 is 21.5 Å². The monoisotopic (exact) mass is 540 g/mol. The third-order valence-electron chi connectivity index (χ3n) is 8.04. The number of hydrogen-bond acceptors (Lipinski definition) is 6. The van der Waals surface area contributed by atoms with Gasteiger partial charge < -0.3 is 20.9 Å². The number of piperidine rings is 1. The third-order valence-corrected chi connectivity index (χ3v) is 8.04. The maximum Gasteiger partial charge on any atom is 0.259 e. The molecular formula is C31H33FN6O2. The summed E-state index contributed by atoms with van der Waals surface area (Å²) in [6, 6.07) is 11.9. The average molecular weight is 541 g/mol. The zero-order valence-electron chi connectivity index (χ0n) is 22.3. The highest BCUT2D eigenvalue weighted by Crippen LogP contribution is 2.32. The van der Waals surface area contributed by atoms with Gasteiger partial charge in [-0.2, -0.15) is 0 Å². The van der Waals surface area contributed by atoms with Gasteiger partial charge in [0.05, 0.1) is 22.3 Å². The van der Waals surface area contributed by atoms with E-state index < -0.39 is 5.82 Å². The molecule has 1 atom stereocenters. The number of rotatable bonds is 6. The molecule has 2 fully saturated rings. The molecule has 1 aliphatic heterocycles.